The van der Waals surface area contributed by atoms with Crippen LogP contribution in [0.2, 0.25) is 0 Å². The molecule has 0 N–H and O–H groups in total. The van der Waals surface area contributed by atoms with E-state index in [2.05, 4.69) is 89.7 Å². The van der Waals surface area contributed by atoms with Gasteiger partial charge in [0.05, 0.1) is 5.69 Å². The Kier molecular flexibility index (Phi) is 4.36. The molecule has 116 valence electrons. The van der Waals surface area contributed by atoms with Gasteiger partial charge in [-0.15, -0.1) is 0 Å². The number of hydrogen-bond donors (Lipinski definition) is 0. The summed E-state index contributed by atoms with van der Waals surface area (Å²) in [6, 6.07) is 25.7. The molecule has 1 heterocycles. The molecule has 0 fully saturated rings. The van der Waals surface area contributed by atoms with Crippen molar-refractivity contribution in [2.45, 2.75) is 6.42 Å². The summed E-state index contributed by atoms with van der Waals surface area (Å²) >= 11 is 0. The second kappa shape index (κ2) is 6.95. The molecular formula is C22H18NP. The molecule has 0 aliphatic heterocycles. The first-order valence-electron chi connectivity index (χ1n) is 8.14. The van der Waals surface area contributed by atoms with Gasteiger partial charge in [-0.05, 0) is 42.4 Å². The summed E-state index contributed by atoms with van der Waals surface area (Å²) in [6.45, 7) is 0. The van der Waals surface area contributed by atoms with Crippen LogP contribution in [0.1, 0.15) is 17.7 Å². The topological polar surface area (TPSA) is 12.9 Å². The number of rotatable bonds is 3. The van der Waals surface area contributed by atoms with Crippen molar-refractivity contribution in [1.82, 2.24) is 4.98 Å². The van der Waals surface area contributed by atoms with Crippen LogP contribution in [0.3, 0.4) is 0 Å². The minimum absolute atomic E-state index is 0.534. The Morgan fingerprint density at radius 3 is 2.12 bits per heavy atom. The summed E-state index contributed by atoms with van der Waals surface area (Å²) in [7, 11) is -0.534. The van der Waals surface area contributed by atoms with E-state index < -0.39 is 7.92 Å². The largest absolute Gasteiger partial charge is 0.256 e. The molecule has 1 aliphatic rings. The van der Waals surface area contributed by atoms with Crippen molar-refractivity contribution >= 4 is 30.2 Å². The Hall–Kier alpha value is -2.50. The summed E-state index contributed by atoms with van der Waals surface area (Å²) < 4.78 is 0. The number of pyridine rings is 1. The summed E-state index contributed by atoms with van der Waals surface area (Å²) in [6.07, 6.45) is 7.24. The number of hydrogen-bond acceptors (Lipinski definition) is 1. The Morgan fingerprint density at radius 1 is 0.792 bits per heavy atom. The minimum Gasteiger partial charge on any atom is -0.256 e. The maximum Gasteiger partial charge on any atom is 0.0737 e. The molecule has 1 nitrogen and oxygen atoms in total. The van der Waals surface area contributed by atoms with Gasteiger partial charge in [-0.2, -0.15) is 0 Å². The molecular weight excluding hydrogens is 309 g/mol. The van der Waals surface area contributed by atoms with Gasteiger partial charge in [0.2, 0.25) is 0 Å². The Labute approximate surface area is 144 Å². The van der Waals surface area contributed by atoms with Crippen molar-refractivity contribution < 1.29 is 0 Å². The van der Waals surface area contributed by atoms with E-state index in [4.69, 9.17) is 0 Å². The van der Waals surface area contributed by atoms with E-state index in [1.54, 1.807) is 0 Å². The average Bonchev–Trinajstić information content (AvgIpc) is 2.67. The van der Waals surface area contributed by atoms with Gasteiger partial charge in [0.1, 0.15) is 0 Å². The molecule has 0 saturated heterocycles. The standard InChI is InChI=1S/C22H18NP/c1-3-12-20(13-4-1)24(21-14-5-2-6-15-21)17-19-10-7-9-18-11-8-16-23-22(18)19/h1-9,11-17H,10H2. The van der Waals surface area contributed by atoms with Crippen LogP contribution < -0.4 is 10.6 Å². The van der Waals surface area contributed by atoms with Crippen LogP contribution in [0.15, 0.2) is 90.9 Å². The van der Waals surface area contributed by atoms with Crippen molar-refractivity contribution in [3.05, 3.63) is 102 Å². The molecule has 2 heteroatoms. The average molecular weight is 327 g/mol. The molecule has 24 heavy (non-hydrogen) atoms. The van der Waals surface area contributed by atoms with Crippen molar-refractivity contribution in [3.8, 4) is 0 Å². The molecule has 1 aromatic heterocycles. The van der Waals surface area contributed by atoms with Crippen molar-refractivity contribution in [2.75, 3.05) is 0 Å². The van der Waals surface area contributed by atoms with Crippen LogP contribution in [0.25, 0.3) is 11.6 Å². The van der Waals surface area contributed by atoms with Gasteiger partial charge in [-0.1, -0.05) is 78.9 Å². The first-order valence-corrected chi connectivity index (χ1v) is 9.55. The lowest BCUT2D eigenvalue weighted by atomic mass is 9.99. The summed E-state index contributed by atoms with van der Waals surface area (Å²) in [5.74, 6) is 2.44. The predicted octanol–water partition coefficient (Wildman–Crippen LogP) is 4.97. The number of allylic oxidation sites excluding steroid dienone is 2. The lowest BCUT2D eigenvalue weighted by molar-refractivity contribution is 1.21. The highest BCUT2D eigenvalue weighted by Crippen LogP contribution is 2.40. The fourth-order valence-corrected chi connectivity index (χ4v) is 5.10. The Morgan fingerprint density at radius 2 is 1.46 bits per heavy atom. The van der Waals surface area contributed by atoms with E-state index in [0.29, 0.717) is 0 Å². The molecule has 4 rings (SSSR count). The highest BCUT2D eigenvalue weighted by molar-refractivity contribution is 7.76. The van der Waals surface area contributed by atoms with Gasteiger partial charge in [-0.3, -0.25) is 4.98 Å². The highest BCUT2D eigenvalue weighted by Gasteiger charge is 2.16. The fourth-order valence-electron chi connectivity index (χ4n) is 2.98. The number of aromatic nitrogens is 1. The molecule has 0 spiro atoms. The normalized spacial score (nSPS) is 14.8. The molecule has 1 aliphatic carbocycles. The Bertz CT molecular complexity index is 843. The van der Waals surface area contributed by atoms with Crippen LogP contribution in [0.5, 0.6) is 0 Å². The van der Waals surface area contributed by atoms with E-state index in [1.807, 2.05) is 12.3 Å². The van der Waals surface area contributed by atoms with Gasteiger partial charge in [0, 0.05) is 11.8 Å². The first-order chi connectivity index (χ1) is 11.9. The lowest BCUT2D eigenvalue weighted by Gasteiger charge is -2.19. The predicted molar refractivity (Wildman–Crippen MR) is 105 cm³/mol. The smallest absolute Gasteiger partial charge is 0.0737 e. The molecule has 0 atom stereocenters. The minimum atomic E-state index is -0.534. The third kappa shape index (κ3) is 3.09. The van der Waals surface area contributed by atoms with E-state index in [-0.39, 0.29) is 0 Å². The van der Waals surface area contributed by atoms with Crippen LogP contribution in [0, 0.1) is 0 Å². The van der Waals surface area contributed by atoms with Gasteiger partial charge < -0.3 is 0 Å². The molecule has 0 amide bonds. The van der Waals surface area contributed by atoms with Crippen LogP contribution in [-0.4, -0.2) is 4.98 Å². The SMILES string of the molecule is C1=Cc2cccnc2C(=CP(c2ccccc2)c2ccccc2)C1. The second-order valence-electron chi connectivity index (χ2n) is 5.74. The monoisotopic (exact) mass is 327 g/mol. The molecule has 0 bridgehead atoms. The van der Waals surface area contributed by atoms with Crippen LogP contribution >= 0.6 is 7.92 Å². The van der Waals surface area contributed by atoms with E-state index in [9.17, 15) is 0 Å². The van der Waals surface area contributed by atoms with E-state index in [0.717, 1.165) is 12.1 Å². The summed E-state index contributed by atoms with van der Waals surface area (Å²) in [4.78, 5) is 4.63. The van der Waals surface area contributed by atoms with Gasteiger partial charge in [-0.25, -0.2) is 0 Å². The summed E-state index contributed by atoms with van der Waals surface area (Å²) in [5, 5.41) is 2.75. The number of benzene rings is 2. The zero-order valence-electron chi connectivity index (χ0n) is 13.3. The third-order valence-corrected chi connectivity index (χ3v) is 6.41. The van der Waals surface area contributed by atoms with Crippen molar-refractivity contribution in [1.29, 1.82) is 0 Å². The maximum atomic E-state index is 4.63. The zero-order chi connectivity index (χ0) is 16.2. The zero-order valence-corrected chi connectivity index (χ0v) is 14.2. The van der Waals surface area contributed by atoms with Crippen LogP contribution in [0.4, 0.5) is 0 Å². The summed E-state index contributed by atoms with van der Waals surface area (Å²) in [5.41, 5.74) is 3.66. The quantitative estimate of drug-likeness (QED) is 0.619. The maximum absolute atomic E-state index is 4.63. The molecule has 3 aromatic rings. The van der Waals surface area contributed by atoms with Gasteiger partial charge in [0.25, 0.3) is 0 Å². The Balaban J connectivity index is 1.82. The highest BCUT2D eigenvalue weighted by atomic mass is 31.1. The third-order valence-electron chi connectivity index (χ3n) is 4.13. The first kappa shape index (κ1) is 15.1. The number of fused-ring (bicyclic) bond motifs is 1. The van der Waals surface area contributed by atoms with Gasteiger partial charge in [0.15, 0.2) is 0 Å². The fraction of sp³-hybridized carbons (Fsp3) is 0.0455. The van der Waals surface area contributed by atoms with Crippen molar-refractivity contribution in [2.24, 2.45) is 0 Å². The molecule has 0 radical (unpaired) electrons. The van der Waals surface area contributed by atoms with Crippen molar-refractivity contribution in [3.63, 3.8) is 0 Å². The molecule has 2 aromatic carbocycles. The molecule has 0 unspecified atom stereocenters. The molecule has 0 saturated carbocycles. The van der Waals surface area contributed by atoms with E-state index in [1.165, 1.54) is 21.7 Å². The second-order valence-corrected chi connectivity index (χ2v) is 7.77. The van der Waals surface area contributed by atoms with Gasteiger partial charge >= 0.3 is 0 Å². The van der Waals surface area contributed by atoms with Crippen LogP contribution in [-0.2, 0) is 0 Å². The number of nitrogens with zero attached hydrogens (tertiary/aromatic N) is 1. The van der Waals surface area contributed by atoms with E-state index >= 15 is 0 Å². The lowest BCUT2D eigenvalue weighted by Crippen LogP contribution is -2.10.